The van der Waals surface area contributed by atoms with E-state index in [-0.39, 0.29) is 29.7 Å². The lowest BCUT2D eigenvalue weighted by molar-refractivity contribution is 0.440. The van der Waals surface area contributed by atoms with Crippen molar-refractivity contribution in [3.05, 3.63) is 42.0 Å². The Kier molecular flexibility index (Phi) is 10.2. The molecule has 1 aromatic carbocycles. The molecule has 1 aromatic rings. The molecule has 0 radical (unpaired) electrons. The largest absolute Gasteiger partial charge is 0.357 e. The van der Waals surface area contributed by atoms with Gasteiger partial charge in [0.05, 0.1) is 12.3 Å². The van der Waals surface area contributed by atoms with E-state index >= 15 is 0 Å². The first-order valence-electron chi connectivity index (χ1n) is 8.80. The third kappa shape index (κ3) is 7.24. The molecule has 0 bridgehead atoms. The van der Waals surface area contributed by atoms with Crippen molar-refractivity contribution in [2.24, 2.45) is 4.99 Å². The van der Waals surface area contributed by atoms with E-state index in [0.29, 0.717) is 13.1 Å². The zero-order chi connectivity index (χ0) is 18.1. The van der Waals surface area contributed by atoms with Crippen molar-refractivity contribution in [2.75, 3.05) is 38.5 Å². The van der Waals surface area contributed by atoms with Crippen LogP contribution in [0.5, 0.6) is 0 Å². The summed E-state index contributed by atoms with van der Waals surface area (Å²) in [5, 5.41) is 3.29. The third-order valence-corrected chi connectivity index (χ3v) is 5.47. The van der Waals surface area contributed by atoms with E-state index in [1.54, 1.807) is 6.92 Å². The number of hydrogen-bond donors (Lipinski definition) is 2. The average molecular weight is 492 g/mol. The topological polar surface area (TPSA) is 73.8 Å². The minimum Gasteiger partial charge on any atom is -0.357 e. The molecule has 6 nitrogen and oxygen atoms in total. The Hall–Kier alpha value is -1.13. The highest BCUT2D eigenvalue weighted by atomic mass is 127. The van der Waals surface area contributed by atoms with Crippen LogP contribution >= 0.6 is 24.0 Å². The molecule has 0 atom stereocenters. The van der Waals surface area contributed by atoms with Crippen LogP contribution < -0.4 is 10.0 Å². The Morgan fingerprint density at radius 3 is 2.54 bits per heavy atom. The lowest BCUT2D eigenvalue weighted by Gasteiger charge is -2.30. The standard InChI is InChI=1S/C18H28N4O2S.HI/c1-3-19-18(20-12-13-21-25(23,24)4-2)22-14-10-17(11-15-22)16-8-6-5-7-9-16;/h5-10,21H,3-4,11-15H2,1-2H3,(H,19,20);1H. The zero-order valence-corrected chi connectivity index (χ0v) is 18.6. The van der Waals surface area contributed by atoms with Gasteiger partial charge in [0.2, 0.25) is 10.0 Å². The molecule has 146 valence electrons. The Labute approximate surface area is 174 Å². The van der Waals surface area contributed by atoms with E-state index in [9.17, 15) is 8.42 Å². The van der Waals surface area contributed by atoms with E-state index in [0.717, 1.165) is 32.0 Å². The van der Waals surface area contributed by atoms with Gasteiger partial charge < -0.3 is 10.2 Å². The quantitative estimate of drug-likeness (QED) is 0.265. The summed E-state index contributed by atoms with van der Waals surface area (Å²) in [7, 11) is -3.16. The van der Waals surface area contributed by atoms with Gasteiger partial charge in [-0.15, -0.1) is 24.0 Å². The predicted molar refractivity (Wildman–Crippen MR) is 119 cm³/mol. The highest BCUT2D eigenvalue weighted by Gasteiger charge is 2.16. The van der Waals surface area contributed by atoms with Crippen molar-refractivity contribution in [3.63, 3.8) is 0 Å². The van der Waals surface area contributed by atoms with Gasteiger partial charge in [-0.05, 0) is 31.4 Å². The van der Waals surface area contributed by atoms with Crippen LogP contribution in [0.1, 0.15) is 25.8 Å². The molecule has 8 heteroatoms. The number of aliphatic imine (C=N–C) groups is 1. The van der Waals surface area contributed by atoms with E-state index in [4.69, 9.17) is 0 Å². The second-order valence-electron chi connectivity index (χ2n) is 5.82. The number of guanidine groups is 1. The molecule has 0 aliphatic carbocycles. The summed E-state index contributed by atoms with van der Waals surface area (Å²) in [6, 6.07) is 10.4. The number of rotatable bonds is 7. The number of benzene rings is 1. The van der Waals surface area contributed by atoms with Gasteiger partial charge >= 0.3 is 0 Å². The normalized spacial score (nSPS) is 15.2. The molecule has 0 fully saturated rings. The fourth-order valence-corrected chi connectivity index (χ4v) is 3.27. The van der Waals surface area contributed by atoms with Crippen LogP contribution in [-0.2, 0) is 10.0 Å². The average Bonchev–Trinajstić information content (AvgIpc) is 2.65. The molecule has 0 aromatic heterocycles. The minimum absolute atomic E-state index is 0. The van der Waals surface area contributed by atoms with Crippen LogP contribution in [0.25, 0.3) is 5.57 Å². The zero-order valence-electron chi connectivity index (χ0n) is 15.4. The van der Waals surface area contributed by atoms with Crippen LogP contribution in [0.3, 0.4) is 0 Å². The van der Waals surface area contributed by atoms with E-state index in [2.05, 4.69) is 50.3 Å². The molecule has 2 N–H and O–H groups in total. The molecule has 0 amide bonds. The highest BCUT2D eigenvalue weighted by Crippen LogP contribution is 2.21. The summed E-state index contributed by atoms with van der Waals surface area (Å²) in [4.78, 5) is 6.75. The molecule has 26 heavy (non-hydrogen) atoms. The molecule has 1 aliphatic rings. The fraction of sp³-hybridized carbons (Fsp3) is 0.500. The predicted octanol–water partition coefficient (Wildman–Crippen LogP) is 2.30. The number of nitrogens with zero attached hydrogens (tertiary/aromatic N) is 2. The molecule has 1 heterocycles. The van der Waals surface area contributed by atoms with Gasteiger partial charge in [0.1, 0.15) is 0 Å². The van der Waals surface area contributed by atoms with Crippen molar-refractivity contribution in [2.45, 2.75) is 20.3 Å². The van der Waals surface area contributed by atoms with Gasteiger partial charge in [-0.2, -0.15) is 0 Å². The number of sulfonamides is 1. The Balaban J connectivity index is 0.00000338. The van der Waals surface area contributed by atoms with Crippen LogP contribution in [0.15, 0.2) is 41.4 Å². The molecule has 0 saturated carbocycles. The first kappa shape index (κ1) is 22.9. The lowest BCUT2D eigenvalue weighted by Crippen LogP contribution is -2.44. The van der Waals surface area contributed by atoms with E-state index in [1.165, 1.54) is 11.1 Å². The van der Waals surface area contributed by atoms with Crippen LogP contribution in [0.2, 0.25) is 0 Å². The molecular weight excluding hydrogens is 463 g/mol. The third-order valence-electron chi connectivity index (χ3n) is 4.06. The molecule has 1 aliphatic heterocycles. The second-order valence-corrected chi connectivity index (χ2v) is 7.92. The van der Waals surface area contributed by atoms with Crippen LogP contribution in [-0.4, -0.2) is 57.8 Å². The Morgan fingerprint density at radius 1 is 1.23 bits per heavy atom. The van der Waals surface area contributed by atoms with Crippen LogP contribution in [0, 0.1) is 0 Å². The molecular formula is C18H29IN4O2S. The Bertz CT molecular complexity index is 705. The summed E-state index contributed by atoms with van der Waals surface area (Å²) < 4.78 is 25.4. The smallest absolute Gasteiger partial charge is 0.211 e. The maximum absolute atomic E-state index is 11.4. The van der Waals surface area contributed by atoms with Crippen molar-refractivity contribution < 1.29 is 8.42 Å². The van der Waals surface area contributed by atoms with Gasteiger partial charge in [0.15, 0.2) is 5.96 Å². The summed E-state index contributed by atoms with van der Waals surface area (Å²) >= 11 is 0. The lowest BCUT2D eigenvalue weighted by atomic mass is 10.00. The SMILES string of the molecule is CCNC(=NCCNS(=O)(=O)CC)N1CC=C(c2ccccc2)CC1.I. The van der Waals surface area contributed by atoms with Crippen molar-refractivity contribution >= 4 is 45.5 Å². The van der Waals surface area contributed by atoms with Crippen molar-refractivity contribution in [3.8, 4) is 0 Å². The summed E-state index contributed by atoms with van der Waals surface area (Å²) in [5.41, 5.74) is 2.64. The first-order chi connectivity index (χ1) is 12.1. The molecule has 0 saturated heterocycles. The summed E-state index contributed by atoms with van der Waals surface area (Å²) in [6.07, 6.45) is 3.21. The number of nitrogens with one attached hydrogen (secondary N) is 2. The van der Waals surface area contributed by atoms with Crippen molar-refractivity contribution in [1.82, 2.24) is 14.9 Å². The van der Waals surface area contributed by atoms with Gasteiger partial charge in [0.25, 0.3) is 0 Å². The number of halogens is 1. The van der Waals surface area contributed by atoms with Gasteiger partial charge in [-0.3, -0.25) is 4.99 Å². The second kappa shape index (κ2) is 11.6. The summed E-state index contributed by atoms with van der Waals surface area (Å²) in [5.74, 6) is 0.928. The summed E-state index contributed by atoms with van der Waals surface area (Å²) in [6.45, 7) is 6.89. The van der Waals surface area contributed by atoms with Gasteiger partial charge in [-0.25, -0.2) is 13.1 Å². The fourth-order valence-electron chi connectivity index (χ4n) is 2.67. The maximum Gasteiger partial charge on any atom is 0.211 e. The highest BCUT2D eigenvalue weighted by molar-refractivity contribution is 14.0. The van der Waals surface area contributed by atoms with E-state index in [1.807, 2.05) is 13.0 Å². The molecule has 0 unspecified atom stereocenters. The minimum atomic E-state index is -3.16. The van der Waals surface area contributed by atoms with Gasteiger partial charge in [0, 0.05) is 26.2 Å². The van der Waals surface area contributed by atoms with Gasteiger partial charge in [-0.1, -0.05) is 36.4 Å². The first-order valence-corrected chi connectivity index (χ1v) is 10.5. The molecule has 2 rings (SSSR count). The van der Waals surface area contributed by atoms with Crippen molar-refractivity contribution in [1.29, 1.82) is 0 Å². The van der Waals surface area contributed by atoms with Crippen LogP contribution in [0.4, 0.5) is 0 Å². The monoisotopic (exact) mass is 492 g/mol. The maximum atomic E-state index is 11.4. The molecule has 0 spiro atoms. The Morgan fingerprint density at radius 2 is 1.96 bits per heavy atom. The van der Waals surface area contributed by atoms with E-state index < -0.39 is 10.0 Å². The number of hydrogen-bond acceptors (Lipinski definition) is 3.